The quantitative estimate of drug-likeness (QED) is 0.849. The Morgan fingerprint density at radius 1 is 1.16 bits per heavy atom. The Bertz CT molecular complexity index is 646. The number of hydrogen-bond donors (Lipinski definition) is 1. The van der Waals surface area contributed by atoms with Gasteiger partial charge < -0.3 is 15.0 Å². The lowest BCUT2D eigenvalue weighted by molar-refractivity contribution is -0.122. The van der Waals surface area contributed by atoms with Gasteiger partial charge in [-0.25, -0.2) is 4.79 Å². The Labute approximate surface area is 149 Å². The van der Waals surface area contributed by atoms with E-state index in [9.17, 15) is 9.59 Å². The monoisotopic (exact) mass is 345 g/mol. The average Bonchev–Trinajstić information content (AvgIpc) is 2.71. The first-order chi connectivity index (χ1) is 11.8. The van der Waals surface area contributed by atoms with E-state index in [1.54, 1.807) is 4.90 Å². The smallest absolute Gasteiger partial charge is 0.410 e. The molecule has 1 atom stereocenters. The maximum atomic E-state index is 12.6. The van der Waals surface area contributed by atoms with Crippen molar-refractivity contribution in [3.05, 3.63) is 29.8 Å². The largest absolute Gasteiger partial charge is 0.444 e. The minimum atomic E-state index is -0.485. The first-order valence-electron chi connectivity index (χ1n) is 8.94. The highest BCUT2D eigenvalue weighted by molar-refractivity contribution is 5.96. The highest BCUT2D eigenvalue weighted by Crippen LogP contribution is 2.24. The minimum Gasteiger partial charge on any atom is -0.444 e. The van der Waals surface area contributed by atoms with Crippen molar-refractivity contribution in [3.63, 3.8) is 0 Å². The molecule has 0 spiro atoms. The zero-order valence-corrected chi connectivity index (χ0v) is 15.2. The van der Waals surface area contributed by atoms with Gasteiger partial charge in [0.1, 0.15) is 5.60 Å². The van der Waals surface area contributed by atoms with Crippen LogP contribution >= 0.6 is 0 Å². The van der Waals surface area contributed by atoms with E-state index in [1.165, 1.54) is 5.56 Å². The average molecular weight is 345 g/mol. The predicted molar refractivity (Wildman–Crippen MR) is 96.6 cm³/mol. The molecule has 1 saturated heterocycles. The van der Waals surface area contributed by atoms with Crippen LogP contribution in [-0.4, -0.2) is 59.6 Å². The van der Waals surface area contributed by atoms with Gasteiger partial charge in [-0.15, -0.1) is 0 Å². The molecule has 0 unspecified atom stereocenters. The fourth-order valence-electron chi connectivity index (χ4n) is 3.39. The van der Waals surface area contributed by atoms with Crippen molar-refractivity contribution >= 4 is 17.7 Å². The lowest BCUT2D eigenvalue weighted by Crippen LogP contribution is -2.55. The third kappa shape index (κ3) is 4.31. The molecule has 6 nitrogen and oxygen atoms in total. The van der Waals surface area contributed by atoms with Crippen molar-refractivity contribution in [2.45, 2.75) is 45.3 Å². The van der Waals surface area contributed by atoms with Crippen molar-refractivity contribution in [2.75, 3.05) is 31.5 Å². The maximum absolute atomic E-state index is 12.6. The molecule has 1 aromatic carbocycles. The highest BCUT2D eigenvalue weighted by Gasteiger charge is 2.33. The van der Waals surface area contributed by atoms with Crippen molar-refractivity contribution in [1.82, 2.24) is 9.80 Å². The van der Waals surface area contributed by atoms with E-state index in [-0.39, 0.29) is 18.0 Å². The Kier molecular flexibility index (Phi) is 4.99. The van der Waals surface area contributed by atoms with Gasteiger partial charge in [-0.05, 0) is 45.2 Å². The Balaban J connectivity index is 1.58. The van der Waals surface area contributed by atoms with Gasteiger partial charge in [-0.3, -0.25) is 9.69 Å². The number of aryl methyl sites for hydroxylation is 1. The van der Waals surface area contributed by atoms with Crippen molar-refractivity contribution in [2.24, 2.45) is 0 Å². The first-order valence-corrected chi connectivity index (χ1v) is 8.94. The second kappa shape index (κ2) is 7.04. The van der Waals surface area contributed by atoms with Gasteiger partial charge in [0.25, 0.3) is 0 Å². The Morgan fingerprint density at radius 2 is 1.84 bits per heavy atom. The Hall–Kier alpha value is -2.08. The predicted octanol–water partition coefficient (Wildman–Crippen LogP) is 2.49. The number of anilines is 1. The first kappa shape index (κ1) is 17.7. The summed E-state index contributed by atoms with van der Waals surface area (Å²) in [4.78, 5) is 28.7. The van der Waals surface area contributed by atoms with Crippen LogP contribution in [0.25, 0.3) is 0 Å². The molecule has 1 N–H and O–H groups in total. The summed E-state index contributed by atoms with van der Waals surface area (Å²) in [5.41, 5.74) is 1.62. The van der Waals surface area contributed by atoms with Gasteiger partial charge >= 0.3 is 6.09 Å². The van der Waals surface area contributed by atoms with Gasteiger partial charge in [0.2, 0.25) is 5.91 Å². The Morgan fingerprint density at radius 3 is 2.52 bits per heavy atom. The SMILES string of the molecule is CC(C)(C)OC(=O)N1CCN([C@@H]2CCc3ccccc3NC2=O)CC1. The molecule has 2 amide bonds. The molecule has 2 aliphatic rings. The number of nitrogens with one attached hydrogen (secondary N) is 1. The van der Waals surface area contributed by atoms with Crippen LogP contribution in [0.1, 0.15) is 32.8 Å². The van der Waals surface area contributed by atoms with Crippen LogP contribution in [0.4, 0.5) is 10.5 Å². The van der Waals surface area contributed by atoms with Crippen molar-refractivity contribution < 1.29 is 14.3 Å². The summed E-state index contributed by atoms with van der Waals surface area (Å²) in [6.07, 6.45) is 1.41. The zero-order valence-electron chi connectivity index (χ0n) is 15.2. The molecule has 25 heavy (non-hydrogen) atoms. The maximum Gasteiger partial charge on any atom is 0.410 e. The summed E-state index contributed by atoms with van der Waals surface area (Å²) < 4.78 is 5.43. The lowest BCUT2D eigenvalue weighted by Gasteiger charge is -2.38. The molecule has 0 bridgehead atoms. The topological polar surface area (TPSA) is 61.9 Å². The van der Waals surface area contributed by atoms with E-state index in [0.29, 0.717) is 26.2 Å². The number of carbonyl (C=O) groups excluding carboxylic acids is 2. The molecule has 6 heteroatoms. The van der Waals surface area contributed by atoms with Crippen molar-refractivity contribution in [3.8, 4) is 0 Å². The normalized spacial score (nSPS) is 22.0. The number of piperazine rings is 1. The van der Waals surface area contributed by atoms with E-state index in [2.05, 4.69) is 16.3 Å². The zero-order chi connectivity index (χ0) is 18.0. The van der Waals surface area contributed by atoms with Gasteiger partial charge in [0, 0.05) is 31.9 Å². The van der Waals surface area contributed by atoms with Crippen molar-refractivity contribution in [1.29, 1.82) is 0 Å². The molecule has 2 heterocycles. The number of hydrogen-bond acceptors (Lipinski definition) is 4. The number of amides is 2. The van der Waals surface area contributed by atoms with E-state index in [4.69, 9.17) is 4.74 Å². The summed E-state index contributed by atoms with van der Waals surface area (Å²) in [5, 5.41) is 3.05. The molecular weight excluding hydrogens is 318 g/mol. The van der Waals surface area contributed by atoms with E-state index < -0.39 is 5.60 Å². The summed E-state index contributed by atoms with van der Waals surface area (Å²) in [6.45, 7) is 8.16. The van der Waals surface area contributed by atoms with Crippen LogP contribution in [0.3, 0.4) is 0 Å². The molecule has 1 fully saturated rings. The number of rotatable bonds is 1. The number of ether oxygens (including phenoxy) is 1. The summed E-state index contributed by atoms with van der Waals surface area (Å²) >= 11 is 0. The second-order valence-corrected chi connectivity index (χ2v) is 7.70. The highest BCUT2D eigenvalue weighted by atomic mass is 16.6. The van der Waals surface area contributed by atoms with Gasteiger partial charge in [0.05, 0.1) is 6.04 Å². The molecule has 0 aliphatic carbocycles. The van der Waals surface area contributed by atoms with Crippen LogP contribution in [-0.2, 0) is 16.0 Å². The van der Waals surface area contributed by atoms with Crippen LogP contribution in [0.5, 0.6) is 0 Å². The molecule has 1 aromatic rings. The van der Waals surface area contributed by atoms with Crippen LogP contribution in [0.2, 0.25) is 0 Å². The molecule has 136 valence electrons. The van der Waals surface area contributed by atoms with E-state index in [1.807, 2.05) is 39.0 Å². The fraction of sp³-hybridized carbons (Fsp3) is 0.579. The molecule has 3 rings (SSSR count). The van der Waals surface area contributed by atoms with Crippen LogP contribution in [0.15, 0.2) is 24.3 Å². The van der Waals surface area contributed by atoms with E-state index >= 15 is 0 Å². The van der Waals surface area contributed by atoms with Gasteiger partial charge in [-0.2, -0.15) is 0 Å². The fourth-order valence-corrected chi connectivity index (χ4v) is 3.39. The van der Waals surface area contributed by atoms with Crippen LogP contribution < -0.4 is 5.32 Å². The van der Waals surface area contributed by atoms with Gasteiger partial charge in [-0.1, -0.05) is 18.2 Å². The molecule has 0 aromatic heterocycles. The molecule has 0 radical (unpaired) electrons. The number of nitrogens with zero attached hydrogens (tertiary/aromatic N) is 2. The summed E-state index contributed by atoms with van der Waals surface area (Å²) in [6, 6.07) is 7.83. The summed E-state index contributed by atoms with van der Waals surface area (Å²) in [5.74, 6) is 0.0515. The summed E-state index contributed by atoms with van der Waals surface area (Å²) in [7, 11) is 0. The third-order valence-corrected chi connectivity index (χ3v) is 4.67. The molecular formula is C19H27N3O3. The number of benzene rings is 1. The third-order valence-electron chi connectivity index (χ3n) is 4.67. The van der Waals surface area contributed by atoms with Gasteiger partial charge in [0.15, 0.2) is 0 Å². The minimum absolute atomic E-state index is 0.0515. The van der Waals surface area contributed by atoms with Crippen LogP contribution in [0, 0.1) is 0 Å². The lowest BCUT2D eigenvalue weighted by atomic mass is 10.0. The number of fused-ring (bicyclic) bond motifs is 1. The standard InChI is InChI=1S/C19H27N3O3/c1-19(2,3)25-18(24)22-12-10-21(11-13-22)16-9-8-14-6-4-5-7-15(14)20-17(16)23/h4-7,16H,8-13H2,1-3H3,(H,20,23)/t16-/m1/s1. The number of carbonyl (C=O) groups is 2. The molecule has 2 aliphatic heterocycles. The molecule has 0 saturated carbocycles. The number of para-hydroxylation sites is 1. The van der Waals surface area contributed by atoms with E-state index in [0.717, 1.165) is 18.5 Å². The second-order valence-electron chi connectivity index (χ2n) is 7.70.